The molecule has 0 bridgehead atoms. The number of hydrogen-bond acceptors (Lipinski definition) is 2. The van der Waals surface area contributed by atoms with Crippen LogP contribution in [0, 0.1) is 11.6 Å². The molecule has 1 saturated carbocycles. The van der Waals surface area contributed by atoms with E-state index >= 15 is 0 Å². The van der Waals surface area contributed by atoms with Gasteiger partial charge in [-0.2, -0.15) is 0 Å². The van der Waals surface area contributed by atoms with E-state index in [1.54, 1.807) is 7.11 Å². The molecule has 0 saturated heterocycles. The summed E-state index contributed by atoms with van der Waals surface area (Å²) >= 11 is 0. The van der Waals surface area contributed by atoms with Crippen LogP contribution in [0.3, 0.4) is 0 Å². The summed E-state index contributed by atoms with van der Waals surface area (Å²) in [7, 11) is 1.71. The summed E-state index contributed by atoms with van der Waals surface area (Å²) in [6, 6.07) is 4.45. The summed E-state index contributed by atoms with van der Waals surface area (Å²) in [5.41, 5.74) is 0.167. The Morgan fingerprint density at radius 2 is 1.94 bits per heavy atom. The minimum atomic E-state index is -0.466. The maximum atomic E-state index is 13.5. The third kappa shape index (κ3) is 3.06. The molecule has 2 nitrogen and oxygen atoms in total. The molecule has 1 N–H and O–H groups in total. The van der Waals surface area contributed by atoms with Crippen LogP contribution < -0.4 is 5.32 Å². The van der Waals surface area contributed by atoms with Gasteiger partial charge in [-0.1, -0.05) is 6.07 Å². The second kappa shape index (κ2) is 5.76. The molecule has 0 spiro atoms. The Morgan fingerprint density at radius 3 is 2.50 bits per heavy atom. The number of benzene rings is 1. The lowest BCUT2D eigenvalue weighted by atomic mass is 9.88. The lowest BCUT2D eigenvalue weighted by Gasteiger charge is -2.36. The second-order valence-corrected chi connectivity index (χ2v) is 5.00. The average molecular weight is 255 g/mol. The summed E-state index contributed by atoms with van der Waals surface area (Å²) in [4.78, 5) is 0. The molecule has 1 fully saturated rings. The zero-order chi connectivity index (χ0) is 13.1. The molecular formula is C14H19F2NO. The van der Waals surface area contributed by atoms with E-state index in [9.17, 15) is 8.78 Å². The summed E-state index contributed by atoms with van der Waals surface area (Å²) in [5.74, 6) is -0.931. The van der Waals surface area contributed by atoms with Crippen molar-refractivity contribution in [2.75, 3.05) is 7.11 Å². The topological polar surface area (TPSA) is 21.3 Å². The fourth-order valence-corrected chi connectivity index (χ4v) is 2.39. The van der Waals surface area contributed by atoms with Crippen LogP contribution in [-0.4, -0.2) is 25.3 Å². The highest BCUT2D eigenvalue weighted by molar-refractivity contribution is 5.20. The Labute approximate surface area is 106 Å². The molecule has 1 aromatic rings. The number of hydrogen-bond donors (Lipinski definition) is 1. The fourth-order valence-electron chi connectivity index (χ4n) is 2.39. The van der Waals surface area contributed by atoms with Gasteiger partial charge in [-0.15, -0.1) is 0 Å². The first-order valence-electron chi connectivity index (χ1n) is 6.32. The third-order valence-corrected chi connectivity index (χ3v) is 3.52. The Bertz CT molecular complexity index is 385. The molecule has 1 unspecified atom stereocenters. The zero-order valence-corrected chi connectivity index (χ0v) is 10.7. The maximum Gasteiger partial charge on any atom is 0.129 e. The summed E-state index contributed by atoms with van der Waals surface area (Å²) in [5, 5.41) is 3.37. The highest BCUT2D eigenvalue weighted by atomic mass is 19.1. The van der Waals surface area contributed by atoms with Gasteiger partial charge in [0.15, 0.2) is 0 Å². The van der Waals surface area contributed by atoms with Gasteiger partial charge in [-0.25, -0.2) is 8.78 Å². The van der Waals surface area contributed by atoms with Gasteiger partial charge >= 0.3 is 0 Å². The van der Waals surface area contributed by atoms with Gasteiger partial charge in [-0.05, 0) is 38.3 Å². The lowest BCUT2D eigenvalue weighted by molar-refractivity contribution is 0.0148. The van der Waals surface area contributed by atoms with Crippen molar-refractivity contribution in [1.82, 2.24) is 5.32 Å². The van der Waals surface area contributed by atoms with Crippen LogP contribution in [-0.2, 0) is 11.2 Å². The van der Waals surface area contributed by atoms with Crippen LogP contribution in [0.4, 0.5) is 8.78 Å². The minimum Gasteiger partial charge on any atom is -0.381 e. The number of rotatable bonds is 5. The molecule has 1 atom stereocenters. The van der Waals surface area contributed by atoms with Gasteiger partial charge in [0.2, 0.25) is 0 Å². The molecule has 0 heterocycles. The Kier molecular flexibility index (Phi) is 4.30. The van der Waals surface area contributed by atoms with E-state index in [0.29, 0.717) is 18.6 Å². The molecule has 1 aliphatic carbocycles. The molecule has 2 rings (SSSR count). The van der Waals surface area contributed by atoms with Crippen LogP contribution >= 0.6 is 0 Å². The minimum absolute atomic E-state index is 0.0548. The van der Waals surface area contributed by atoms with Gasteiger partial charge in [0.05, 0.1) is 6.10 Å². The smallest absolute Gasteiger partial charge is 0.129 e. The van der Waals surface area contributed by atoms with Gasteiger partial charge in [0, 0.05) is 24.8 Å². The molecule has 0 amide bonds. The summed E-state index contributed by atoms with van der Waals surface area (Å²) < 4.78 is 32.1. The third-order valence-electron chi connectivity index (χ3n) is 3.52. The number of ether oxygens (including phenoxy) is 1. The van der Waals surface area contributed by atoms with Crippen molar-refractivity contribution in [3.8, 4) is 0 Å². The van der Waals surface area contributed by atoms with Gasteiger partial charge in [0.1, 0.15) is 11.6 Å². The average Bonchev–Trinajstić information content (AvgIpc) is 2.28. The molecule has 18 heavy (non-hydrogen) atoms. The molecule has 0 aliphatic heterocycles. The van der Waals surface area contributed by atoms with E-state index in [-0.39, 0.29) is 11.6 Å². The first kappa shape index (κ1) is 13.4. The van der Waals surface area contributed by atoms with Crippen LogP contribution in [0.2, 0.25) is 0 Å². The molecule has 1 aliphatic rings. The second-order valence-electron chi connectivity index (χ2n) is 5.00. The standard InChI is InChI=1S/C14H19F2NO/c1-9(17-10-7-11(8-10)18-2)6-12-13(15)4-3-5-14(12)16/h3-5,9-11,17H,6-8H2,1-2H3. The molecule has 1 aromatic carbocycles. The summed E-state index contributed by atoms with van der Waals surface area (Å²) in [6.07, 6.45) is 2.65. The van der Waals surface area contributed by atoms with Crippen LogP contribution in [0.5, 0.6) is 0 Å². The SMILES string of the molecule is COC1CC(NC(C)Cc2c(F)cccc2F)C1. The van der Waals surface area contributed by atoms with Crippen molar-refractivity contribution >= 4 is 0 Å². The molecule has 100 valence electrons. The number of methoxy groups -OCH3 is 1. The number of nitrogens with one attached hydrogen (secondary N) is 1. The monoisotopic (exact) mass is 255 g/mol. The van der Waals surface area contributed by atoms with Gasteiger partial charge < -0.3 is 10.1 Å². The number of halogens is 2. The largest absolute Gasteiger partial charge is 0.381 e. The highest BCUT2D eigenvalue weighted by Crippen LogP contribution is 2.23. The van der Waals surface area contributed by atoms with Crippen molar-refractivity contribution in [2.45, 2.75) is 44.4 Å². The van der Waals surface area contributed by atoms with Crippen LogP contribution in [0.25, 0.3) is 0 Å². The zero-order valence-electron chi connectivity index (χ0n) is 10.7. The van der Waals surface area contributed by atoms with E-state index in [0.717, 1.165) is 12.8 Å². The van der Waals surface area contributed by atoms with Crippen molar-refractivity contribution in [2.24, 2.45) is 0 Å². The van der Waals surface area contributed by atoms with Crippen molar-refractivity contribution < 1.29 is 13.5 Å². The van der Waals surface area contributed by atoms with Crippen LogP contribution in [0.1, 0.15) is 25.3 Å². The first-order chi connectivity index (χ1) is 8.60. The Morgan fingerprint density at radius 1 is 1.33 bits per heavy atom. The normalized spacial score (nSPS) is 24.7. The van der Waals surface area contributed by atoms with E-state index in [1.807, 2.05) is 6.92 Å². The molecule has 0 aromatic heterocycles. The first-order valence-corrected chi connectivity index (χ1v) is 6.32. The van der Waals surface area contributed by atoms with Gasteiger partial charge in [-0.3, -0.25) is 0 Å². The molecule has 4 heteroatoms. The fraction of sp³-hybridized carbons (Fsp3) is 0.571. The van der Waals surface area contributed by atoms with Crippen molar-refractivity contribution in [1.29, 1.82) is 0 Å². The maximum absolute atomic E-state index is 13.5. The van der Waals surface area contributed by atoms with Crippen molar-refractivity contribution in [3.63, 3.8) is 0 Å². The van der Waals surface area contributed by atoms with Gasteiger partial charge in [0.25, 0.3) is 0 Å². The van der Waals surface area contributed by atoms with E-state index in [1.165, 1.54) is 18.2 Å². The molecule has 0 radical (unpaired) electrons. The summed E-state index contributed by atoms with van der Waals surface area (Å²) in [6.45, 7) is 1.95. The van der Waals surface area contributed by atoms with E-state index in [4.69, 9.17) is 4.74 Å². The Hall–Kier alpha value is -1.00. The van der Waals surface area contributed by atoms with E-state index < -0.39 is 11.6 Å². The predicted octanol–water partition coefficient (Wildman–Crippen LogP) is 2.66. The quantitative estimate of drug-likeness (QED) is 0.873. The highest BCUT2D eigenvalue weighted by Gasteiger charge is 2.29. The predicted molar refractivity (Wildman–Crippen MR) is 66.5 cm³/mol. The lowest BCUT2D eigenvalue weighted by Crippen LogP contribution is -2.49. The van der Waals surface area contributed by atoms with Crippen molar-refractivity contribution in [3.05, 3.63) is 35.4 Å². The Balaban J connectivity index is 1.86. The van der Waals surface area contributed by atoms with Crippen LogP contribution in [0.15, 0.2) is 18.2 Å². The molecular weight excluding hydrogens is 236 g/mol. The van der Waals surface area contributed by atoms with E-state index in [2.05, 4.69) is 5.32 Å².